The summed E-state index contributed by atoms with van der Waals surface area (Å²) in [5.74, 6) is 0.810. The van der Waals surface area contributed by atoms with E-state index in [4.69, 9.17) is 4.74 Å². The molecule has 1 rings (SSSR count). The van der Waals surface area contributed by atoms with Crippen molar-refractivity contribution >= 4 is 0 Å². The Labute approximate surface area is 98.2 Å². The highest BCUT2D eigenvalue weighted by Crippen LogP contribution is 2.36. The van der Waals surface area contributed by atoms with E-state index in [0.29, 0.717) is 6.04 Å². The van der Waals surface area contributed by atoms with Crippen LogP contribution in [0.15, 0.2) is 18.5 Å². The summed E-state index contributed by atoms with van der Waals surface area (Å²) < 4.78 is 5.21. The summed E-state index contributed by atoms with van der Waals surface area (Å²) in [5, 5.41) is 3.37. The van der Waals surface area contributed by atoms with Crippen LogP contribution in [-0.2, 0) is 0 Å². The third-order valence-corrected chi connectivity index (χ3v) is 3.28. The van der Waals surface area contributed by atoms with Crippen LogP contribution in [0, 0.1) is 5.41 Å². The van der Waals surface area contributed by atoms with Crippen molar-refractivity contribution < 1.29 is 4.74 Å². The molecule has 90 valence electrons. The minimum absolute atomic E-state index is 0.197. The molecule has 0 radical (unpaired) electrons. The molecule has 0 amide bonds. The van der Waals surface area contributed by atoms with Gasteiger partial charge in [-0.3, -0.25) is 4.98 Å². The second kappa shape index (κ2) is 5.30. The van der Waals surface area contributed by atoms with Crippen LogP contribution < -0.4 is 10.1 Å². The van der Waals surface area contributed by atoms with E-state index in [1.165, 1.54) is 5.56 Å². The Hall–Kier alpha value is -1.09. The Morgan fingerprint density at radius 2 is 2.12 bits per heavy atom. The van der Waals surface area contributed by atoms with Crippen LogP contribution in [0.5, 0.6) is 5.75 Å². The Kier molecular flexibility index (Phi) is 4.30. The van der Waals surface area contributed by atoms with Crippen molar-refractivity contribution in [2.75, 3.05) is 14.2 Å². The van der Waals surface area contributed by atoms with Crippen LogP contribution in [0.2, 0.25) is 0 Å². The van der Waals surface area contributed by atoms with Gasteiger partial charge >= 0.3 is 0 Å². The van der Waals surface area contributed by atoms with Crippen LogP contribution >= 0.6 is 0 Å². The van der Waals surface area contributed by atoms with Crippen LogP contribution in [0.4, 0.5) is 0 Å². The van der Waals surface area contributed by atoms with Gasteiger partial charge in [-0.05, 0) is 30.5 Å². The van der Waals surface area contributed by atoms with Gasteiger partial charge in [0.05, 0.1) is 13.3 Å². The molecule has 1 unspecified atom stereocenters. The van der Waals surface area contributed by atoms with Gasteiger partial charge in [0.1, 0.15) is 5.75 Å². The smallest absolute Gasteiger partial charge is 0.137 e. The Morgan fingerprint density at radius 3 is 2.62 bits per heavy atom. The average Bonchev–Trinajstić information content (AvgIpc) is 2.30. The average molecular weight is 222 g/mol. The minimum Gasteiger partial charge on any atom is -0.495 e. The van der Waals surface area contributed by atoms with Crippen molar-refractivity contribution in [2.24, 2.45) is 5.41 Å². The summed E-state index contributed by atoms with van der Waals surface area (Å²) in [4.78, 5) is 4.21. The van der Waals surface area contributed by atoms with Gasteiger partial charge in [-0.25, -0.2) is 0 Å². The highest BCUT2D eigenvalue weighted by Gasteiger charge is 2.28. The summed E-state index contributed by atoms with van der Waals surface area (Å²) in [6, 6.07) is 2.34. The maximum absolute atomic E-state index is 5.21. The molecule has 0 bridgehead atoms. The number of ether oxygens (including phenoxy) is 1. The summed E-state index contributed by atoms with van der Waals surface area (Å²) in [6.07, 6.45) is 4.74. The largest absolute Gasteiger partial charge is 0.495 e. The van der Waals surface area contributed by atoms with E-state index in [9.17, 15) is 0 Å². The number of hydrogen-bond donors (Lipinski definition) is 1. The summed E-state index contributed by atoms with van der Waals surface area (Å²) in [6.45, 7) is 6.72. The van der Waals surface area contributed by atoms with E-state index in [1.54, 1.807) is 13.3 Å². The molecule has 0 spiro atoms. The monoisotopic (exact) mass is 222 g/mol. The van der Waals surface area contributed by atoms with Gasteiger partial charge in [0.2, 0.25) is 0 Å². The summed E-state index contributed by atoms with van der Waals surface area (Å²) in [5.41, 5.74) is 1.37. The first-order valence-electron chi connectivity index (χ1n) is 5.71. The highest BCUT2D eigenvalue weighted by molar-refractivity contribution is 5.27. The second-order valence-corrected chi connectivity index (χ2v) is 4.72. The maximum Gasteiger partial charge on any atom is 0.137 e. The molecule has 0 aliphatic rings. The standard InChI is InChI=1S/C13H22N2O/c1-6-13(2,3)12(14-4)10-7-11(16-5)9-15-8-10/h7-9,12,14H,6H2,1-5H3. The topological polar surface area (TPSA) is 34.2 Å². The summed E-state index contributed by atoms with van der Waals surface area (Å²) in [7, 11) is 3.65. The SMILES string of the molecule is CCC(C)(C)C(NC)c1cncc(OC)c1. The molecule has 1 aromatic heterocycles. The molecule has 0 saturated heterocycles. The number of pyridine rings is 1. The molecule has 0 aliphatic carbocycles. The van der Waals surface area contributed by atoms with E-state index in [1.807, 2.05) is 19.3 Å². The number of methoxy groups -OCH3 is 1. The quantitative estimate of drug-likeness (QED) is 0.831. The first-order valence-corrected chi connectivity index (χ1v) is 5.71. The van der Waals surface area contributed by atoms with Crippen LogP contribution in [0.3, 0.4) is 0 Å². The second-order valence-electron chi connectivity index (χ2n) is 4.72. The molecule has 1 N–H and O–H groups in total. The van der Waals surface area contributed by atoms with E-state index < -0.39 is 0 Å². The van der Waals surface area contributed by atoms with Crippen LogP contribution in [0.1, 0.15) is 38.8 Å². The van der Waals surface area contributed by atoms with E-state index >= 15 is 0 Å². The Bertz CT molecular complexity index is 336. The molecule has 1 aromatic rings. The third-order valence-electron chi connectivity index (χ3n) is 3.28. The molecule has 1 heterocycles. The molecule has 16 heavy (non-hydrogen) atoms. The molecular formula is C13H22N2O. The summed E-state index contributed by atoms with van der Waals surface area (Å²) >= 11 is 0. The highest BCUT2D eigenvalue weighted by atomic mass is 16.5. The van der Waals surface area contributed by atoms with Crippen molar-refractivity contribution in [2.45, 2.75) is 33.2 Å². The van der Waals surface area contributed by atoms with Gasteiger partial charge in [0, 0.05) is 12.2 Å². The van der Waals surface area contributed by atoms with Gasteiger partial charge in [-0.2, -0.15) is 0 Å². The molecule has 0 aromatic carbocycles. The van der Waals surface area contributed by atoms with E-state index in [2.05, 4.69) is 31.1 Å². The van der Waals surface area contributed by atoms with Crippen molar-refractivity contribution in [1.82, 2.24) is 10.3 Å². The van der Waals surface area contributed by atoms with Gasteiger partial charge in [-0.15, -0.1) is 0 Å². The van der Waals surface area contributed by atoms with Gasteiger partial charge in [0.15, 0.2) is 0 Å². The number of aromatic nitrogens is 1. The zero-order chi connectivity index (χ0) is 12.2. The fraction of sp³-hybridized carbons (Fsp3) is 0.615. The predicted octanol–water partition coefficient (Wildman–Crippen LogP) is 2.79. The number of nitrogens with zero attached hydrogens (tertiary/aromatic N) is 1. The molecule has 1 atom stereocenters. The number of nitrogens with one attached hydrogen (secondary N) is 1. The molecule has 3 nitrogen and oxygen atoms in total. The zero-order valence-electron chi connectivity index (χ0n) is 10.9. The lowest BCUT2D eigenvalue weighted by atomic mass is 9.79. The fourth-order valence-corrected chi connectivity index (χ4v) is 1.92. The van der Waals surface area contributed by atoms with Gasteiger partial charge in [-0.1, -0.05) is 20.8 Å². The van der Waals surface area contributed by atoms with Crippen molar-refractivity contribution in [3.63, 3.8) is 0 Å². The van der Waals surface area contributed by atoms with E-state index in [-0.39, 0.29) is 5.41 Å². The van der Waals surface area contributed by atoms with Gasteiger partial charge in [0.25, 0.3) is 0 Å². The normalized spacial score (nSPS) is 13.6. The first-order chi connectivity index (χ1) is 7.55. The Morgan fingerprint density at radius 1 is 1.44 bits per heavy atom. The van der Waals surface area contributed by atoms with Crippen LogP contribution in [-0.4, -0.2) is 19.1 Å². The molecule has 3 heteroatoms. The van der Waals surface area contributed by atoms with Crippen molar-refractivity contribution in [3.05, 3.63) is 24.0 Å². The lowest BCUT2D eigenvalue weighted by Gasteiger charge is -2.33. The predicted molar refractivity (Wildman–Crippen MR) is 66.7 cm³/mol. The Balaban J connectivity index is 3.03. The maximum atomic E-state index is 5.21. The fourth-order valence-electron chi connectivity index (χ4n) is 1.92. The first kappa shape index (κ1) is 13.0. The molecule has 0 fully saturated rings. The molecular weight excluding hydrogens is 200 g/mol. The molecule has 0 aliphatic heterocycles. The minimum atomic E-state index is 0.197. The van der Waals surface area contributed by atoms with Crippen molar-refractivity contribution in [3.8, 4) is 5.75 Å². The number of hydrogen-bond acceptors (Lipinski definition) is 3. The third kappa shape index (κ3) is 2.73. The van der Waals surface area contributed by atoms with E-state index in [0.717, 1.165) is 12.2 Å². The molecule has 0 saturated carbocycles. The van der Waals surface area contributed by atoms with Crippen molar-refractivity contribution in [1.29, 1.82) is 0 Å². The lowest BCUT2D eigenvalue weighted by molar-refractivity contribution is 0.244. The lowest BCUT2D eigenvalue weighted by Crippen LogP contribution is -2.31. The number of rotatable bonds is 5. The van der Waals surface area contributed by atoms with Gasteiger partial charge < -0.3 is 10.1 Å². The zero-order valence-corrected chi connectivity index (χ0v) is 10.9. The van der Waals surface area contributed by atoms with Crippen LogP contribution in [0.25, 0.3) is 0 Å².